The van der Waals surface area contributed by atoms with Gasteiger partial charge in [0, 0.05) is 6.04 Å². The summed E-state index contributed by atoms with van der Waals surface area (Å²) in [5.41, 5.74) is 10.8. The molecule has 0 aromatic heterocycles. The zero-order valence-electron chi connectivity index (χ0n) is 5.02. The van der Waals surface area contributed by atoms with Crippen molar-refractivity contribution < 1.29 is 0 Å². The molecule has 0 aliphatic rings. The van der Waals surface area contributed by atoms with Gasteiger partial charge in [0.25, 0.3) is 0 Å². The van der Waals surface area contributed by atoms with Gasteiger partial charge in [-0.1, -0.05) is 6.92 Å². The normalized spacial score (nSPS) is 18.9. The third kappa shape index (κ3) is 2.60. The van der Waals surface area contributed by atoms with Crippen molar-refractivity contribution in [3.8, 4) is 0 Å². The first-order chi connectivity index (χ1) is 3.18. The van der Waals surface area contributed by atoms with Crippen LogP contribution in [-0.4, -0.2) is 12.6 Å². The molecule has 0 rings (SSSR count). The monoisotopic (exact) mass is 102 g/mol. The van der Waals surface area contributed by atoms with Crippen molar-refractivity contribution in [2.24, 2.45) is 17.4 Å². The smallest absolute Gasteiger partial charge is 0.00481 e. The maximum Gasteiger partial charge on any atom is 0.00481 e. The molecule has 0 aliphatic carbocycles. The van der Waals surface area contributed by atoms with Gasteiger partial charge < -0.3 is 11.5 Å². The van der Waals surface area contributed by atoms with E-state index in [4.69, 9.17) is 11.5 Å². The molecular formula is C5H14N2. The van der Waals surface area contributed by atoms with E-state index in [1.807, 2.05) is 13.8 Å². The van der Waals surface area contributed by atoms with Crippen LogP contribution >= 0.6 is 0 Å². The van der Waals surface area contributed by atoms with Crippen LogP contribution < -0.4 is 11.5 Å². The van der Waals surface area contributed by atoms with Crippen molar-refractivity contribution in [1.29, 1.82) is 0 Å². The SMILES string of the molecule is CC(N)C(C)CN. The number of hydrogen-bond acceptors (Lipinski definition) is 2. The molecule has 0 aliphatic heterocycles. The molecule has 2 atom stereocenters. The molecule has 7 heavy (non-hydrogen) atoms. The quantitative estimate of drug-likeness (QED) is 0.512. The second-order valence-electron chi connectivity index (χ2n) is 2.07. The van der Waals surface area contributed by atoms with Crippen LogP contribution in [0.3, 0.4) is 0 Å². The largest absolute Gasteiger partial charge is 0.330 e. The van der Waals surface area contributed by atoms with Crippen LogP contribution in [0.1, 0.15) is 13.8 Å². The van der Waals surface area contributed by atoms with Gasteiger partial charge in [0.1, 0.15) is 0 Å². The highest BCUT2D eigenvalue weighted by Crippen LogP contribution is 1.93. The summed E-state index contributed by atoms with van der Waals surface area (Å²) in [4.78, 5) is 0. The van der Waals surface area contributed by atoms with Gasteiger partial charge in [-0.3, -0.25) is 0 Å². The van der Waals surface area contributed by atoms with Crippen LogP contribution in [0.5, 0.6) is 0 Å². The van der Waals surface area contributed by atoms with Crippen molar-refractivity contribution in [2.45, 2.75) is 19.9 Å². The van der Waals surface area contributed by atoms with E-state index < -0.39 is 0 Å². The number of nitrogens with two attached hydrogens (primary N) is 2. The predicted molar refractivity (Wildman–Crippen MR) is 31.9 cm³/mol. The Morgan fingerprint density at radius 3 is 1.86 bits per heavy atom. The molecule has 0 bridgehead atoms. The second-order valence-corrected chi connectivity index (χ2v) is 2.07. The van der Waals surface area contributed by atoms with Gasteiger partial charge in [-0.15, -0.1) is 0 Å². The highest BCUT2D eigenvalue weighted by atomic mass is 14.7. The fraction of sp³-hybridized carbons (Fsp3) is 1.00. The van der Waals surface area contributed by atoms with Crippen molar-refractivity contribution in [2.75, 3.05) is 6.54 Å². The third-order valence-corrected chi connectivity index (χ3v) is 1.27. The van der Waals surface area contributed by atoms with E-state index >= 15 is 0 Å². The molecular weight excluding hydrogens is 88.1 g/mol. The minimum absolute atomic E-state index is 0.241. The highest BCUT2D eigenvalue weighted by molar-refractivity contribution is 4.62. The Labute approximate surface area is 44.9 Å². The van der Waals surface area contributed by atoms with Gasteiger partial charge in [0.15, 0.2) is 0 Å². The summed E-state index contributed by atoms with van der Waals surface area (Å²) in [5.74, 6) is 0.458. The summed E-state index contributed by atoms with van der Waals surface area (Å²) in [6, 6.07) is 0.241. The van der Waals surface area contributed by atoms with Crippen molar-refractivity contribution >= 4 is 0 Å². The van der Waals surface area contributed by atoms with Gasteiger partial charge in [-0.2, -0.15) is 0 Å². The third-order valence-electron chi connectivity index (χ3n) is 1.27. The van der Waals surface area contributed by atoms with Crippen molar-refractivity contribution in [3.05, 3.63) is 0 Å². The van der Waals surface area contributed by atoms with Gasteiger partial charge in [-0.25, -0.2) is 0 Å². The molecule has 2 nitrogen and oxygen atoms in total. The lowest BCUT2D eigenvalue weighted by atomic mass is 10.1. The van der Waals surface area contributed by atoms with Gasteiger partial charge in [0.05, 0.1) is 0 Å². The maximum atomic E-state index is 5.47. The first-order valence-electron chi connectivity index (χ1n) is 2.64. The summed E-state index contributed by atoms with van der Waals surface area (Å²) in [6.45, 7) is 4.71. The maximum absolute atomic E-state index is 5.47. The summed E-state index contributed by atoms with van der Waals surface area (Å²) in [7, 11) is 0. The van der Waals surface area contributed by atoms with Gasteiger partial charge in [0.2, 0.25) is 0 Å². The lowest BCUT2D eigenvalue weighted by Gasteiger charge is -2.10. The molecule has 0 aromatic rings. The van der Waals surface area contributed by atoms with Crippen LogP contribution in [0.2, 0.25) is 0 Å². The summed E-state index contributed by atoms with van der Waals surface area (Å²) in [6.07, 6.45) is 0. The summed E-state index contributed by atoms with van der Waals surface area (Å²) in [5, 5.41) is 0. The molecule has 0 saturated carbocycles. The molecule has 2 unspecified atom stereocenters. The molecule has 44 valence electrons. The Hall–Kier alpha value is -0.0800. The summed E-state index contributed by atoms with van der Waals surface area (Å²) >= 11 is 0. The molecule has 0 spiro atoms. The Morgan fingerprint density at radius 1 is 1.43 bits per heavy atom. The molecule has 0 saturated heterocycles. The van der Waals surface area contributed by atoms with E-state index in [0.717, 1.165) is 0 Å². The van der Waals surface area contributed by atoms with E-state index in [1.165, 1.54) is 0 Å². The van der Waals surface area contributed by atoms with Crippen molar-refractivity contribution in [1.82, 2.24) is 0 Å². The number of rotatable bonds is 2. The van der Waals surface area contributed by atoms with Crippen LogP contribution in [0.15, 0.2) is 0 Å². The Kier molecular flexibility index (Phi) is 2.96. The van der Waals surface area contributed by atoms with E-state index in [2.05, 4.69) is 0 Å². The Bertz CT molecular complexity index is 43.3. The van der Waals surface area contributed by atoms with Crippen LogP contribution in [0, 0.1) is 5.92 Å². The average Bonchev–Trinajstić information content (AvgIpc) is 1.65. The van der Waals surface area contributed by atoms with E-state index in [-0.39, 0.29) is 6.04 Å². The predicted octanol–water partition coefficient (Wildman–Crippen LogP) is -0.0716. The van der Waals surface area contributed by atoms with Crippen LogP contribution in [0.4, 0.5) is 0 Å². The summed E-state index contributed by atoms with van der Waals surface area (Å²) < 4.78 is 0. The molecule has 0 heterocycles. The standard InChI is InChI=1S/C5H14N2/c1-4(3-6)5(2)7/h4-5H,3,6-7H2,1-2H3. The Morgan fingerprint density at radius 2 is 1.86 bits per heavy atom. The van der Waals surface area contributed by atoms with Crippen molar-refractivity contribution in [3.63, 3.8) is 0 Å². The molecule has 0 amide bonds. The molecule has 4 N–H and O–H groups in total. The zero-order chi connectivity index (χ0) is 5.86. The lowest BCUT2D eigenvalue weighted by molar-refractivity contribution is 0.495. The van der Waals surface area contributed by atoms with Crippen LogP contribution in [0.25, 0.3) is 0 Å². The lowest BCUT2D eigenvalue weighted by Crippen LogP contribution is -2.29. The molecule has 2 heteroatoms. The minimum atomic E-state index is 0.241. The fourth-order valence-corrected chi connectivity index (χ4v) is 0.215. The topological polar surface area (TPSA) is 52.0 Å². The Balaban J connectivity index is 3.14. The van der Waals surface area contributed by atoms with Gasteiger partial charge >= 0.3 is 0 Å². The van der Waals surface area contributed by atoms with E-state index in [9.17, 15) is 0 Å². The van der Waals surface area contributed by atoms with E-state index in [0.29, 0.717) is 12.5 Å². The second kappa shape index (κ2) is 2.99. The first kappa shape index (κ1) is 6.92. The van der Waals surface area contributed by atoms with Crippen LogP contribution in [-0.2, 0) is 0 Å². The van der Waals surface area contributed by atoms with E-state index in [1.54, 1.807) is 0 Å². The minimum Gasteiger partial charge on any atom is -0.330 e. The zero-order valence-corrected chi connectivity index (χ0v) is 5.02. The van der Waals surface area contributed by atoms with Gasteiger partial charge in [-0.05, 0) is 19.4 Å². The molecule has 0 fully saturated rings. The highest BCUT2D eigenvalue weighted by Gasteiger charge is 2.01. The molecule has 0 radical (unpaired) electrons. The fourth-order valence-electron chi connectivity index (χ4n) is 0.215. The molecule has 0 aromatic carbocycles. The average molecular weight is 102 g/mol. The first-order valence-corrected chi connectivity index (χ1v) is 2.64. The number of hydrogen-bond donors (Lipinski definition) is 2.